The summed E-state index contributed by atoms with van der Waals surface area (Å²) in [7, 11) is -3.30. The quantitative estimate of drug-likeness (QED) is 0.349. The van der Waals surface area contributed by atoms with Crippen LogP contribution in [0, 0.1) is 6.92 Å². The Morgan fingerprint density at radius 2 is 1.58 bits per heavy atom. The standard InChI is InChI=1S/C31H36ClNO4S/c1-22-19-24(7-8-25(22)21-38(36,37)30(2,3)4)29(34)20-23-5-13-28(14-6-23)33-17-15-31(35,16-18-33)26-9-11-27(32)12-10-26/h5-14,19,35H,15-18,20-21H2,1-4H3. The van der Waals surface area contributed by atoms with Crippen molar-refractivity contribution in [2.45, 2.75) is 63.1 Å². The van der Waals surface area contributed by atoms with E-state index in [9.17, 15) is 18.3 Å². The molecule has 0 radical (unpaired) electrons. The Bertz CT molecular complexity index is 1400. The molecule has 5 nitrogen and oxygen atoms in total. The van der Waals surface area contributed by atoms with Crippen LogP contribution in [0.15, 0.2) is 66.7 Å². The number of carbonyl (C=O) groups excluding carboxylic acids is 1. The molecule has 0 unspecified atom stereocenters. The van der Waals surface area contributed by atoms with Gasteiger partial charge in [0.2, 0.25) is 0 Å². The van der Waals surface area contributed by atoms with Crippen molar-refractivity contribution in [2.75, 3.05) is 18.0 Å². The van der Waals surface area contributed by atoms with E-state index < -0.39 is 20.2 Å². The first-order chi connectivity index (χ1) is 17.8. The maximum absolute atomic E-state index is 13.0. The number of anilines is 1. The molecule has 0 aromatic heterocycles. The number of aliphatic hydroxyl groups is 1. The average molecular weight is 554 g/mol. The van der Waals surface area contributed by atoms with Crippen molar-refractivity contribution in [3.05, 3.63) is 99.6 Å². The Morgan fingerprint density at radius 1 is 0.974 bits per heavy atom. The van der Waals surface area contributed by atoms with E-state index >= 15 is 0 Å². The van der Waals surface area contributed by atoms with Crippen molar-refractivity contribution in [2.24, 2.45) is 0 Å². The molecule has 202 valence electrons. The lowest BCUT2D eigenvalue weighted by Gasteiger charge is -2.39. The number of Topliss-reactive ketones (excluding diaryl/α,β-unsaturated/α-hetero) is 1. The van der Waals surface area contributed by atoms with E-state index in [1.54, 1.807) is 39.0 Å². The minimum Gasteiger partial charge on any atom is -0.385 e. The fourth-order valence-corrected chi connectivity index (χ4v) is 6.04. The Labute approximate surface area is 231 Å². The monoisotopic (exact) mass is 553 g/mol. The van der Waals surface area contributed by atoms with Crippen LogP contribution in [-0.4, -0.2) is 37.1 Å². The van der Waals surface area contributed by atoms with Gasteiger partial charge in [-0.1, -0.05) is 48.0 Å². The van der Waals surface area contributed by atoms with Gasteiger partial charge in [-0.25, -0.2) is 8.42 Å². The van der Waals surface area contributed by atoms with Crippen LogP contribution >= 0.6 is 11.6 Å². The molecule has 0 bridgehead atoms. The molecule has 4 rings (SSSR count). The minimum atomic E-state index is -3.30. The molecule has 3 aromatic carbocycles. The summed E-state index contributed by atoms with van der Waals surface area (Å²) in [6, 6.07) is 20.7. The van der Waals surface area contributed by atoms with E-state index in [1.807, 2.05) is 55.5 Å². The summed E-state index contributed by atoms with van der Waals surface area (Å²) < 4.78 is 24.4. The molecule has 0 aliphatic carbocycles. The minimum absolute atomic E-state index is 0.00270. The zero-order valence-corrected chi connectivity index (χ0v) is 24.1. The molecule has 0 amide bonds. The van der Waals surface area contributed by atoms with E-state index in [-0.39, 0.29) is 18.0 Å². The van der Waals surface area contributed by atoms with Crippen molar-refractivity contribution >= 4 is 32.9 Å². The maximum Gasteiger partial charge on any atom is 0.167 e. The van der Waals surface area contributed by atoms with Gasteiger partial charge in [-0.05, 0) is 93.1 Å². The second-order valence-corrected chi connectivity index (χ2v) is 14.5. The van der Waals surface area contributed by atoms with Gasteiger partial charge < -0.3 is 10.0 Å². The Balaban J connectivity index is 1.37. The molecule has 3 aromatic rings. The molecular weight excluding hydrogens is 518 g/mol. The van der Waals surface area contributed by atoms with Gasteiger partial charge >= 0.3 is 0 Å². The average Bonchev–Trinajstić information content (AvgIpc) is 2.86. The summed E-state index contributed by atoms with van der Waals surface area (Å²) in [5.41, 5.74) is 4.16. The van der Waals surface area contributed by atoms with E-state index in [0.29, 0.717) is 23.4 Å². The number of sulfone groups is 1. The highest BCUT2D eigenvalue weighted by molar-refractivity contribution is 7.91. The molecule has 1 N–H and O–H groups in total. The number of piperidine rings is 1. The fraction of sp³-hybridized carbons (Fsp3) is 0.387. The summed E-state index contributed by atoms with van der Waals surface area (Å²) >= 11 is 5.99. The Hall–Kier alpha value is -2.67. The zero-order valence-electron chi connectivity index (χ0n) is 22.5. The Kier molecular flexibility index (Phi) is 8.08. The Morgan fingerprint density at radius 3 is 2.13 bits per heavy atom. The van der Waals surface area contributed by atoms with Crippen molar-refractivity contribution < 1.29 is 18.3 Å². The summed E-state index contributed by atoms with van der Waals surface area (Å²) in [6.45, 7) is 8.42. The predicted octanol–water partition coefficient (Wildman–Crippen LogP) is 6.28. The van der Waals surface area contributed by atoms with Gasteiger partial charge in [0, 0.05) is 35.8 Å². The highest BCUT2D eigenvalue weighted by Gasteiger charge is 2.34. The molecule has 0 atom stereocenters. The number of hydrogen-bond donors (Lipinski definition) is 1. The van der Waals surface area contributed by atoms with Crippen LogP contribution in [0.4, 0.5) is 5.69 Å². The maximum atomic E-state index is 13.0. The molecule has 7 heteroatoms. The van der Waals surface area contributed by atoms with Gasteiger partial charge in [0.15, 0.2) is 15.6 Å². The highest BCUT2D eigenvalue weighted by atomic mass is 35.5. The number of carbonyl (C=O) groups is 1. The number of benzene rings is 3. The predicted molar refractivity (Wildman–Crippen MR) is 155 cm³/mol. The van der Waals surface area contributed by atoms with Crippen LogP contribution < -0.4 is 4.90 Å². The molecule has 1 fully saturated rings. The lowest BCUT2D eigenvalue weighted by Crippen LogP contribution is -2.42. The van der Waals surface area contributed by atoms with Gasteiger partial charge in [0.25, 0.3) is 0 Å². The van der Waals surface area contributed by atoms with E-state index in [0.717, 1.165) is 41.0 Å². The van der Waals surface area contributed by atoms with E-state index in [2.05, 4.69) is 4.90 Å². The number of hydrogen-bond acceptors (Lipinski definition) is 5. The second kappa shape index (κ2) is 10.8. The third-order valence-corrected chi connectivity index (χ3v) is 10.4. The molecular formula is C31H36ClNO4S. The first-order valence-corrected chi connectivity index (χ1v) is 15.0. The lowest BCUT2D eigenvalue weighted by atomic mass is 9.84. The number of ketones is 1. The second-order valence-electron chi connectivity index (χ2n) is 11.3. The van der Waals surface area contributed by atoms with Crippen LogP contribution in [0.25, 0.3) is 0 Å². The SMILES string of the molecule is Cc1cc(C(=O)Cc2ccc(N3CCC(O)(c4ccc(Cl)cc4)CC3)cc2)ccc1CS(=O)(=O)C(C)(C)C. The fourth-order valence-electron chi connectivity index (χ4n) is 4.75. The van der Waals surface area contributed by atoms with Crippen LogP contribution in [0.1, 0.15) is 66.2 Å². The normalized spacial score (nSPS) is 15.9. The summed E-state index contributed by atoms with van der Waals surface area (Å²) in [4.78, 5) is 15.2. The van der Waals surface area contributed by atoms with Crippen molar-refractivity contribution in [1.29, 1.82) is 0 Å². The summed E-state index contributed by atoms with van der Waals surface area (Å²) in [6.07, 6.45) is 1.53. The van der Waals surface area contributed by atoms with Gasteiger partial charge in [0.1, 0.15) is 0 Å². The lowest BCUT2D eigenvalue weighted by molar-refractivity contribution is 0.0118. The van der Waals surface area contributed by atoms with Gasteiger partial charge in [0.05, 0.1) is 16.1 Å². The number of halogens is 1. The number of nitrogens with zero attached hydrogens (tertiary/aromatic N) is 1. The topological polar surface area (TPSA) is 74.7 Å². The number of aryl methyl sites for hydroxylation is 1. The van der Waals surface area contributed by atoms with Gasteiger partial charge in [-0.2, -0.15) is 0 Å². The van der Waals surface area contributed by atoms with Gasteiger partial charge in [-0.15, -0.1) is 0 Å². The number of rotatable bonds is 7. The van der Waals surface area contributed by atoms with E-state index in [1.165, 1.54) is 0 Å². The molecule has 38 heavy (non-hydrogen) atoms. The third-order valence-electron chi connectivity index (χ3n) is 7.58. The van der Waals surface area contributed by atoms with Crippen LogP contribution in [0.3, 0.4) is 0 Å². The molecule has 0 spiro atoms. The molecule has 1 aliphatic rings. The smallest absolute Gasteiger partial charge is 0.167 e. The largest absolute Gasteiger partial charge is 0.385 e. The molecule has 0 saturated carbocycles. The first kappa shape index (κ1) is 28.3. The highest BCUT2D eigenvalue weighted by Crippen LogP contribution is 2.35. The van der Waals surface area contributed by atoms with Crippen molar-refractivity contribution in [3.63, 3.8) is 0 Å². The third kappa shape index (κ3) is 6.31. The van der Waals surface area contributed by atoms with Crippen molar-refractivity contribution in [1.82, 2.24) is 0 Å². The van der Waals surface area contributed by atoms with E-state index in [4.69, 9.17) is 11.6 Å². The van der Waals surface area contributed by atoms with Crippen LogP contribution in [0.5, 0.6) is 0 Å². The van der Waals surface area contributed by atoms with Gasteiger partial charge in [-0.3, -0.25) is 4.79 Å². The van der Waals surface area contributed by atoms with Crippen LogP contribution in [-0.2, 0) is 27.6 Å². The van der Waals surface area contributed by atoms with Crippen LogP contribution in [0.2, 0.25) is 5.02 Å². The zero-order chi connectivity index (χ0) is 27.7. The molecule has 1 saturated heterocycles. The summed E-state index contributed by atoms with van der Waals surface area (Å²) in [5.74, 6) is -0.0386. The first-order valence-electron chi connectivity index (χ1n) is 12.9. The van der Waals surface area contributed by atoms with Crippen molar-refractivity contribution in [3.8, 4) is 0 Å². The molecule has 1 heterocycles. The summed E-state index contributed by atoms with van der Waals surface area (Å²) in [5, 5.41) is 11.8. The molecule has 1 aliphatic heterocycles.